The van der Waals surface area contributed by atoms with Crippen LogP contribution in [0.3, 0.4) is 0 Å². The van der Waals surface area contributed by atoms with Crippen molar-refractivity contribution in [2.24, 2.45) is 0 Å². The lowest BCUT2D eigenvalue weighted by atomic mass is 10.2. The van der Waals surface area contributed by atoms with Crippen LogP contribution >= 0.6 is 9.47 Å². The zero-order valence-electron chi connectivity index (χ0n) is 4.31. The van der Waals surface area contributed by atoms with Gasteiger partial charge in [0.2, 0.25) is 0 Å². The summed E-state index contributed by atoms with van der Waals surface area (Å²) in [6.07, 6.45) is 0. The van der Waals surface area contributed by atoms with E-state index in [1.807, 2.05) is 6.92 Å². The van der Waals surface area contributed by atoms with Crippen LogP contribution in [0, 0.1) is 0 Å². The van der Waals surface area contributed by atoms with E-state index in [-0.39, 0.29) is 5.60 Å². The Morgan fingerprint density at radius 2 is 2.57 bits per heavy atom. The Kier molecular flexibility index (Phi) is 1.33. The summed E-state index contributed by atoms with van der Waals surface area (Å²) in [7, 11) is 2.20. The molecule has 2 unspecified atom stereocenters. The molecule has 7 heavy (non-hydrogen) atoms. The quantitative estimate of drug-likeness (QED) is 0.392. The highest BCUT2D eigenvalue weighted by Gasteiger charge is 2.38. The van der Waals surface area contributed by atoms with Gasteiger partial charge in [-0.1, -0.05) is 0 Å². The highest BCUT2D eigenvalue weighted by molar-refractivity contribution is 7.09. The van der Waals surface area contributed by atoms with E-state index in [1.165, 1.54) is 0 Å². The third-order valence-corrected chi connectivity index (χ3v) is 1.19. The highest BCUT2D eigenvalue weighted by atomic mass is 31.0. The molecule has 1 fully saturated rings. The molecule has 0 spiro atoms. The number of epoxide rings is 1. The van der Waals surface area contributed by atoms with E-state index in [1.54, 1.807) is 0 Å². The van der Waals surface area contributed by atoms with Crippen molar-refractivity contribution in [2.45, 2.75) is 12.5 Å². The third-order valence-electron chi connectivity index (χ3n) is 1.03. The molecule has 0 bridgehead atoms. The lowest BCUT2D eigenvalue weighted by Gasteiger charge is -1.98. The molecular weight excluding hydrogens is 111 g/mol. The predicted octanol–water partition coefficient (Wildman–Crippen LogP) is 0.582. The summed E-state index contributed by atoms with van der Waals surface area (Å²) in [6.45, 7) is 3.57. The summed E-state index contributed by atoms with van der Waals surface area (Å²) in [4.78, 5) is 0. The third kappa shape index (κ3) is 1.37. The van der Waals surface area contributed by atoms with Gasteiger partial charge in [0.1, 0.15) is 5.60 Å². The van der Waals surface area contributed by atoms with Crippen molar-refractivity contribution in [3.8, 4) is 0 Å². The first-order valence-electron chi connectivity index (χ1n) is 2.22. The Hall–Kier alpha value is 0.350. The smallest absolute Gasteiger partial charge is 0.112 e. The van der Waals surface area contributed by atoms with Gasteiger partial charge in [0.15, 0.2) is 0 Å². The van der Waals surface area contributed by atoms with Crippen LogP contribution in [0.1, 0.15) is 6.92 Å². The molecule has 0 N–H and O–H groups in total. The first-order chi connectivity index (χ1) is 3.27. The fourth-order valence-corrected chi connectivity index (χ4v) is 0.735. The molecule has 1 saturated heterocycles. The molecule has 0 amide bonds. The largest absolute Gasteiger partial charge is 0.367 e. The summed E-state index contributed by atoms with van der Waals surface area (Å²) >= 11 is 0. The van der Waals surface area contributed by atoms with Crippen LogP contribution in [0.5, 0.6) is 0 Å². The van der Waals surface area contributed by atoms with Gasteiger partial charge in [-0.3, -0.25) is 0 Å². The van der Waals surface area contributed by atoms with E-state index in [9.17, 15) is 0 Å². The summed E-state index contributed by atoms with van der Waals surface area (Å²) in [6, 6.07) is 0. The summed E-state index contributed by atoms with van der Waals surface area (Å²) in [5.41, 5.74) is 0.0573. The average Bonchev–Trinajstić information content (AvgIpc) is 2.22. The van der Waals surface area contributed by atoms with E-state index in [2.05, 4.69) is 9.47 Å². The molecule has 42 valence electrons. The van der Waals surface area contributed by atoms with Crippen LogP contribution in [0.15, 0.2) is 0 Å². The van der Waals surface area contributed by atoms with Crippen LogP contribution in [0.4, 0.5) is 0 Å². The van der Waals surface area contributed by atoms with Gasteiger partial charge in [-0.2, -0.15) is 0 Å². The average molecular weight is 120 g/mol. The molecule has 3 heteroatoms. The maximum Gasteiger partial charge on any atom is 0.112 e. The van der Waals surface area contributed by atoms with Crippen molar-refractivity contribution in [2.75, 3.05) is 13.2 Å². The Labute approximate surface area is 45.5 Å². The number of hydrogen-bond acceptors (Lipinski definition) is 2. The van der Waals surface area contributed by atoms with Crippen molar-refractivity contribution in [3.63, 3.8) is 0 Å². The maximum atomic E-state index is 5.00. The van der Waals surface area contributed by atoms with Crippen molar-refractivity contribution in [3.05, 3.63) is 0 Å². The zero-order chi connectivity index (χ0) is 5.33. The van der Waals surface area contributed by atoms with Crippen LogP contribution in [0.2, 0.25) is 0 Å². The summed E-state index contributed by atoms with van der Waals surface area (Å²) in [5.74, 6) is 0. The second kappa shape index (κ2) is 1.70. The second-order valence-corrected chi connectivity index (χ2v) is 2.38. The van der Waals surface area contributed by atoms with Crippen LogP contribution in [-0.2, 0) is 9.26 Å². The Bertz CT molecular complexity index is 70.1. The van der Waals surface area contributed by atoms with Crippen LogP contribution in [0.25, 0.3) is 0 Å². The minimum atomic E-state index is 0.0573. The van der Waals surface area contributed by atoms with Gasteiger partial charge in [0.25, 0.3) is 0 Å². The minimum Gasteiger partial charge on any atom is -0.367 e. The Balaban J connectivity index is 2.13. The zero-order valence-corrected chi connectivity index (χ0v) is 5.46. The molecule has 0 aromatic rings. The molecule has 0 aromatic carbocycles. The molecule has 1 aliphatic heterocycles. The van der Waals surface area contributed by atoms with Gasteiger partial charge in [0.05, 0.1) is 13.2 Å². The summed E-state index contributed by atoms with van der Waals surface area (Å²) < 4.78 is 9.76. The van der Waals surface area contributed by atoms with Gasteiger partial charge >= 0.3 is 0 Å². The molecule has 0 radical (unpaired) electrons. The SMILES string of the molecule is CC1(COP)CO1. The van der Waals surface area contributed by atoms with Crippen LogP contribution < -0.4 is 0 Å². The Morgan fingerprint density at radius 1 is 2.00 bits per heavy atom. The van der Waals surface area contributed by atoms with Gasteiger partial charge < -0.3 is 9.26 Å². The van der Waals surface area contributed by atoms with Crippen molar-refractivity contribution >= 4 is 9.47 Å². The normalized spacial score (nSPS) is 38.6. The number of rotatable bonds is 2. The highest BCUT2D eigenvalue weighted by Crippen LogP contribution is 2.26. The first-order valence-corrected chi connectivity index (χ1v) is 2.70. The van der Waals surface area contributed by atoms with E-state index in [0.29, 0.717) is 6.61 Å². The monoisotopic (exact) mass is 120 g/mol. The van der Waals surface area contributed by atoms with Gasteiger partial charge in [-0.05, 0) is 6.92 Å². The molecule has 0 saturated carbocycles. The van der Waals surface area contributed by atoms with E-state index in [0.717, 1.165) is 6.61 Å². The maximum absolute atomic E-state index is 5.00. The number of hydrogen-bond donors (Lipinski definition) is 0. The summed E-state index contributed by atoms with van der Waals surface area (Å²) in [5, 5.41) is 0. The molecular formula is C4H9O2P. The van der Waals surface area contributed by atoms with Crippen molar-refractivity contribution in [1.82, 2.24) is 0 Å². The fourth-order valence-electron chi connectivity index (χ4n) is 0.383. The van der Waals surface area contributed by atoms with E-state index < -0.39 is 0 Å². The van der Waals surface area contributed by atoms with Crippen LogP contribution in [-0.4, -0.2) is 18.8 Å². The molecule has 0 aromatic heterocycles. The topological polar surface area (TPSA) is 21.8 Å². The Morgan fingerprint density at radius 3 is 2.71 bits per heavy atom. The van der Waals surface area contributed by atoms with Gasteiger partial charge in [-0.25, -0.2) is 0 Å². The number of ether oxygens (including phenoxy) is 1. The van der Waals surface area contributed by atoms with Crippen molar-refractivity contribution in [1.29, 1.82) is 0 Å². The molecule has 0 aliphatic carbocycles. The fraction of sp³-hybridized carbons (Fsp3) is 1.00. The van der Waals surface area contributed by atoms with Crippen molar-refractivity contribution < 1.29 is 9.26 Å². The molecule has 1 heterocycles. The first kappa shape index (κ1) is 5.49. The lowest BCUT2D eigenvalue weighted by Crippen LogP contribution is -2.10. The lowest BCUT2D eigenvalue weighted by molar-refractivity contribution is 0.224. The van der Waals surface area contributed by atoms with E-state index in [4.69, 9.17) is 9.26 Å². The van der Waals surface area contributed by atoms with Gasteiger partial charge in [-0.15, -0.1) is 0 Å². The molecule has 1 rings (SSSR count). The molecule has 2 atom stereocenters. The molecule has 1 aliphatic rings. The van der Waals surface area contributed by atoms with E-state index >= 15 is 0 Å². The van der Waals surface area contributed by atoms with Gasteiger partial charge in [0, 0.05) is 9.47 Å². The molecule has 2 nitrogen and oxygen atoms in total. The minimum absolute atomic E-state index is 0.0573. The predicted molar refractivity (Wildman–Crippen MR) is 30.0 cm³/mol. The second-order valence-electron chi connectivity index (χ2n) is 2.05. The standard InChI is InChI=1S/C4H9O2P/c1-4(2-5-4)3-6-7/h2-3,7H2,1H3.